The number of ether oxygens (including phenoxy) is 1. The Kier molecular flexibility index (Phi) is 8.87. The molecule has 4 fully saturated rings. The van der Waals surface area contributed by atoms with Crippen LogP contribution in [0.3, 0.4) is 0 Å². The van der Waals surface area contributed by atoms with Crippen molar-refractivity contribution in [2.24, 2.45) is 34.5 Å². The molecule has 5 nitrogen and oxygen atoms in total. The molecule has 4 saturated carbocycles. The van der Waals surface area contributed by atoms with E-state index in [-0.39, 0.29) is 31.3 Å². The van der Waals surface area contributed by atoms with Crippen molar-refractivity contribution in [1.29, 1.82) is 0 Å². The number of aliphatic hydroxyl groups is 1. The maximum Gasteiger partial charge on any atom is 0.306 e. The summed E-state index contributed by atoms with van der Waals surface area (Å²) in [6.45, 7) is 5.00. The lowest BCUT2D eigenvalue weighted by Crippen LogP contribution is -2.70. The van der Waals surface area contributed by atoms with E-state index in [9.17, 15) is 23.9 Å². The van der Waals surface area contributed by atoms with Gasteiger partial charge in [0.15, 0.2) is 17.1 Å². The number of carbonyl (C=O) groups excluding carboxylic acids is 3. The molecule has 0 aromatic carbocycles. The SMILES string of the molecule is C[C@@H]1C[C@H]2[C@@H]3C[C@H](F)C4=CC(=O)C=C[C@]4(C)[C@@]3(F)[C@@H](O)C[C@]2(C)[C@@]1(OC(=O)CCCCC1CCCCC1)C(=O)SCF. The van der Waals surface area contributed by atoms with E-state index in [0.29, 0.717) is 24.1 Å². The Bertz CT molecular complexity index is 1150. The van der Waals surface area contributed by atoms with Gasteiger partial charge in [0, 0.05) is 29.1 Å². The number of aliphatic hydroxyl groups excluding tert-OH is 1. The molecule has 0 saturated heterocycles. The fraction of sp³-hybridized carbons (Fsp3) is 0.788. The highest BCUT2D eigenvalue weighted by Crippen LogP contribution is 2.72. The quantitative estimate of drug-likeness (QED) is 0.232. The fourth-order valence-electron chi connectivity index (χ4n) is 9.78. The van der Waals surface area contributed by atoms with Gasteiger partial charge in [-0.2, -0.15) is 0 Å². The molecule has 0 aromatic rings. The van der Waals surface area contributed by atoms with Crippen molar-refractivity contribution in [3.05, 3.63) is 23.8 Å². The number of allylic oxidation sites excluding steroid dienone is 4. The second-order valence-electron chi connectivity index (χ2n) is 14.0. The highest BCUT2D eigenvalue weighted by atomic mass is 32.2. The molecule has 9 heteroatoms. The third kappa shape index (κ3) is 4.74. The van der Waals surface area contributed by atoms with Crippen LogP contribution in [0.1, 0.15) is 97.8 Å². The van der Waals surface area contributed by atoms with Crippen LogP contribution < -0.4 is 0 Å². The minimum Gasteiger partial charge on any atom is -0.449 e. The zero-order valence-corrected chi connectivity index (χ0v) is 25.8. The van der Waals surface area contributed by atoms with Crippen molar-refractivity contribution in [2.75, 3.05) is 6.01 Å². The topological polar surface area (TPSA) is 80.7 Å². The number of halogens is 3. The monoisotopic (exact) mass is 610 g/mol. The van der Waals surface area contributed by atoms with Gasteiger partial charge in [0.2, 0.25) is 5.12 Å². The highest BCUT2D eigenvalue weighted by molar-refractivity contribution is 8.13. The number of ketones is 1. The van der Waals surface area contributed by atoms with Gasteiger partial charge < -0.3 is 9.84 Å². The number of hydrogen-bond acceptors (Lipinski definition) is 6. The van der Waals surface area contributed by atoms with E-state index < -0.39 is 75.0 Å². The molecule has 0 amide bonds. The van der Waals surface area contributed by atoms with E-state index in [1.807, 2.05) is 0 Å². The first-order chi connectivity index (χ1) is 19.8. The first-order valence-electron chi connectivity index (χ1n) is 15.8. The Morgan fingerprint density at radius 1 is 1.12 bits per heavy atom. The van der Waals surface area contributed by atoms with E-state index >= 15 is 8.78 Å². The molecule has 0 bridgehead atoms. The van der Waals surface area contributed by atoms with Crippen LogP contribution in [0, 0.1) is 34.5 Å². The van der Waals surface area contributed by atoms with Crippen LogP contribution in [0.5, 0.6) is 0 Å². The predicted molar refractivity (Wildman–Crippen MR) is 156 cm³/mol. The average molecular weight is 611 g/mol. The van der Waals surface area contributed by atoms with E-state index in [2.05, 4.69) is 0 Å². The fourth-order valence-corrected chi connectivity index (χ4v) is 10.6. The van der Waals surface area contributed by atoms with E-state index in [1.165, 1.54) is 51.2 Å². The summed E-state index contributed by atoms with van der Waals surface area (Å²) in [5.41, 5.74) is -6.85. The summed E-state index contributed by atoms with van der Waals surface area (Å²) in [4.78, 5) is 39.2. The lowest BCUT2D eigenvalue weighted by molar-refractivity contribution is -0.228. The Balaban J connectivity index is 1.42. The number of alkyl halides is 3. The van der Waals surface area contributed by atoms with Crippen molar-refractivity contribution in [1.82, 2.24) is 0 Å². The lowest BCUT2D eigenvalue weighted by Gasteiger charge is -2.63. The van der Waals surface area contributed by atoms with Crippen molar-refractivity contribution in [3.8, 4) is 0 Å². The summed E-state index contributed by atoms with van der Waals surface area (Å²) < 4.78 is 53.1. The molecule has 0 radical (unpaired) electrons. The predicted octanol–water partition coefficient (Wildman–Crippen LogP) is 7.16. The number of unbranched alkanes of at least 4 members (excludes halogenated alkanes) is 1. The van der Waals surface area contributed by atoms with Crippen molar-refractivity contribution < 1.29 is 37.4 Å². The van der Waals surface area contributed by atoms with Gasteiger partial charge in [0.25, 0.3) is 0 Å². The molecule has 0 aromatic heterocycles. The number of thioether (sulfide) groups is 1. The zero-order chi connectivity index (χ0) is 30.5. The molecule has 0 spiro atoms. The molecule has 0 aliphatic heterocycles. The molecule has 5 aliphatic rings. The largest absolute Gasteiger partial charge is 0.449 e. The maximum absolute atomic E-state index is 17.5. The molecule has 42 heavy (non-hydrogen) atoms. The molecule has 5 rings (SSSR count). The second-order valence-corrected chi connectivity index (χ2v) is 14.9. The number of esters is 1. The second kappa shape index (κ2) is 11.7. The van der Waals surface area contributed by atoms with E-state index in [1.54, 1.807) is 13.8 Å². The first kappa shape index (κ1) is 31.8. The van der Waals surface area contributed by atoms with Crippen LogP contribution in [-0.2, 0) is 19.1 Å². The highest BCUT2D eigenvalue weighted by Gasteiger charge is 2.78. The van der Waals surface area contributed by atoms with Gasteiger partial charge in [-0.3, -0.25) is 14.4 Å². The Labute approximate surface area is 251 Å². The summed E-state index contributed by atoms with van der Waals surface area (Å²) in [6.07, 6.45) is 9.17. The van der Waals surface area contributed by atoms with Crippen LogP contribution in [0.15, 0.2) is 23.8 Å². The van der Waals surface area contributed by atoms with Crippen LogP contribution in [0.25, 0.3) is 0 Å². The molecule has 1 N–H and O–H groups in total. The normalized spacial score (nSPS) is 43.3. The molecular weight excluding hydrogens is 565 g/mol. The van der Waals surface area contributed by atoms with Crippen LogP contribution >= 0.6 is 11.8 Å². The number of hydrogen-bond donors (Lipinski definition) is 1. The first-order valence-corrected chi connectivity index (χ1v) is 16.7. The van der Waals surface area contributed by atoms with Gasteiger partial charge in [0.05, 0.1) is 6.10 Å². The Morgan fingerprint density at radius 2 is 1.83 bits per heavy atom. The van der Waals surface area contributed by atoms with Crippen molar-refractivity contribution in [2.45, 2.75) is 121 Å². The molecule has 0 unspecified atom stereocenters. The zero-order valence-electron chi connectivity index (χ0n) is 25.0. The third-order valence-electron chi connectivity index (χ3n) is 11.9. The molecular formula is C33H45F3O5S. The van der Waals surface area contributed by atoms with E-state index in [4.69, 9.17) is 4.74 Å². The minimum absolute atomic E-state index is 0.0254. The third-order valence-corrected chi connectivity index (χ3v) is 12.6. The Hall–Kier alpha value is -1.61. The van der Waals surface area contributed by atoms with Crippen molar-refractivity contribution in [3.63, 3.8) is 0 Å². The molecule has 234 valence electrons. The number of carbonyl (C=O) groups is 3. The van der Waals surface area contributed by atoms with Crippen LogP contribution in [0.2, 0.25) is 0 Å². The lowest BCUT2D eigenvalue weighted by atomic mass is 9.44. The number of fused-ring (bicyclic) bond motifs is 5. The summed E-state index contributed by atoms with van der Waals surface area (Å²) in [5.74, 6) is -2.51. The van der Waals surface area contributed by atoms with Gasteiger partial charge in [-0.15, -0.1) is 0 Å². The van der Waals surface area contributed by atoms with Gasteiger partial charge >= 0.3 is 5.97 Å². The number of rotatable bonds is 8. The average Bonchev–Trinajstić information content (AvgIpc) is 3.16. The summed E-state index contributed by atoms with van der Waals surface area (Å²) in [6, 6.07) is -1.01. The van der Waals surface area contributed by atoms with Gasteiger partial charge in [-0.25, -0.2) is 13.2 Å². The van der Waals surface area contributed by atoms with Crippen LogP contribution in [-0.4, -0.2) is 51.5 Å². The Morgan fingerprint density at radius 3 is 2.52 bits per heavy atom. The smallest absolute Gasteiger partial charge is 0.306 e. The summed E-state index contributed by atoms with van der Waals surface area (Å²) in [7, 11) is 0. The van der Waals surface area contributed by atoms with Gasteiger partial charge in [-0.05, 0) is 73.9 Å². The molecule has 0 heterocycles. The van der Waals surface area contributed by atoms with Gasteiger partial charge in [-0.1, -0.05) is 64.9 Å². The van der Waals surface area contributed by atoms with Crippen LogP contribution in [0.4, 0.5) is 13.2 Å². The van der Waals surface area contributed by atoms with Gasteiger partial charge in [0.1, 0.15) is 12.2 Å². The molecule has 5 aliphatic carbocycles. The standard InChI is InChI=1S/C33H45F3O5S/c1-20-15-23-24-17-26(35)25-16-22(37)13-14-30(25,2)32(24,36)27(38)18-31(23,3)33(20,29(40)42-19-34)41-28(39)12-8-7-11-21-9-5-4-6-10-21/h13-14,16,20-21,23-24,26-27,38H,4-12,15,17-19H2,1-3H3/t20-,23+,24+,26+,27+,30+,31+,32+,33+/m1/s1. The summed E-state index contributed by atoms with van der Waals surface area (Å²) >= 11 is 0.432. The summed E-state index contributed by atoms with van der Waals surface area (Å²) in [5, 5.41) is 11.0. The van der Waals surface area contributed by atoms with Crippen molar-refractivity contribution >= 4 is 28.6 Å². The maximum atomic E-state index is 17.5. The minimum atomic E-state index is -2.31. The molecule has 9 atom stereocenters. The van der Waals surface area contributed by atoms with E-state index in [0.717, 1.165) is 18.9 Å².